The molecule has 0 aromatic rings. The van der Waals surface area contributed by atoms with Crippen LogP contribution in [-0.4, -0.2) is 109 Å². The second kappa shape index (κ2) is 13.1. The molecule has 3 aliphatic rings. The van der Waals surface area contributed by atoms with E-state index in [1.165, 1.54) is 33.3 Å². The molecule has 2 saturated heterocycles. The Labute approximate surface area is 223 Å². The molecule has 0 amide bonds. The molecular weight excluding hydrogens is 500 g/mol. The molecule has 0 aromatic carbocycles. The van der Waals surface area contributed by atoms with E-state index in [0.717, 1.165) is 0 Å². The minimum absolute atomic E-state index is 0.0533. The lowest BCUT2D eigenvalue weighted by Crippen LogP contribution is -2.59. The normalized spacial score (nSPS) is 44.9. The molecule has 0 aromatic heterocycles. The second-order valence-electron chi connectivity index (χ2n) is 10.6. The average molecular weight is 543 g/mol. The topological polar surface area (TPSA) is 154 Å². The number of carbonyl (C=O) groups excluding carboxylic acids is 2. The smallest absolute Gasteiger partial charge is 0.330 e. The predicted octanol–water partition coefficient (Wildman–Crippen LogP) is 0.677. The molecule has 216 valence electrons. The van der Waals surface area contributed by atoms with Crippen LogP contribution in [0.25, 0.3) is 0 Å². The highest BCUT2D eigenvalue weighted by Crippen LogP contribution is 2.36. The number of epoxide rings is 1. The summed E-state index contributed by atoms with van der Waals surface area (Å²) in [4.78, 5) is 25.2. The minimum Gasteiger partial charge on any atom is -0.459 e. The van der Waals surface area contributed by atoms with Gasteiger partial charge in [0.05, 0.1) is 24.9 Å². The molecule has 12 atom stereocenters. The number of methoxy groups -OCH3 is 2. The summed E-state index contributed by atoms with van der Waals surface area (Å²) in [6.07, 6.45) is -0.187. The van der Waals surface area contributed by atoms with Crippen LogP contribution < -0.4 is 0 Å². The molecular formula is C27H42O11. The van der Waals surface area contributed by atoms with Crippen LogP contribution in [0, 0.1) is 11.8 Å². The number of esters is 1. The van der Waals surface area contributed by atoms with Gasteiger partial charge in [-0.15, -0.1) is 0 Å². The van der Waals surface area contributed by atoms with Crippen molar-refractivity contribution in [3.05, 3.63) is 24.3 Å². The molecule has 0 spiro atoms. The third-order valence-corrected chi connectivity index (χ3v) is 7.68. The second-order valence-corrected chi connectivity index (χ2v) is 10.6. The zero-order chi connectivity index (χ0) is 28.2. The highest BCUT2D eigenvalue weighted by Gasteiger charge is 2.49. The van der Waals surface area contributed by atoms with Crippen molar-refractivity contribution >= 4 is 11.8 Å². The van der Waals surface area contributed by atoms with Gasteiger partial charge in [-0.05, 0) is 45.8 Å². The molecule has 3 rings (SSSR count). The van der Waals surface area contributed by atoms with Crippen LogP contribution in [0.3, 0.4) is 0 Å². The number of cyclic esters (lactones) is 1. The van der Waals surface area contributed by atoms with Gasteiger partial charge >= 0.3 is 5.97 Å². The number of carbonyl (C=O) groups is 2. The summed E-state index contributed by atoms with van der Waals surface area (Å²) < 4.78 is 34.3. The molecule has 2 fully saturated rings. The number of aliphatic hydroxyl groups is 3. The van der Waals surface area contributed by atoms with Crippen molar-refractivity contribution in [2.24, 2.45) is 11.8 Å². The van der Waals surface area contributed by atoms with Gasteiger partial charge in [-0.25, -0.2) is 4.79 Å². The van der Waals surface area contributed by atoms with E-state index in [4.69, 9.17) is 28.4 Å². The van der Waals surface area contributed by atoms with Gasteiger partial charge in [0.2, 0.25) is 0 Å². The van der Waals surface area contributed by atoms with E-state index in [1.807, 2.05) is 0 Å². The lowest BCUT2D eigenvalue weighted by Gasteiger charge is -2.42. The predicted molar refractivity (Wildman–Crippen MR) is 134 cm³/mol. The third kappa shape index (κ3) is 7.48. The summed E-state index contributed by atoms with van der Waals surface area (Å²) in [7, 11) is 2.94. The van der Waals surface area contributed by atoms with E-state index in [1.54, 1.807) is 32.9 Å². The first kappa shape index (κ1) is 30.8. The van der Waals surface area contributed by atoms with Crippen molar-refractivity contribution in [1.29, 1.82) is 0 Å². The number of aliphatic hydroxyl groups excluding tert-OH is 2. The zero-order valence-corrected chi connectivity index (χ0v) is 22.9. The number of hydrogen-bond donors (Lipinski definition) is 3. The van der Waals surface area contributed by atoms with Crippen molar-refractivity contribution in [2.45, 2.75) is 101 Å². The van der Waals surface area contributed by atoms with Gasteiger partial charge in [0.25, 0.3) is 0 Å². The summed E-state index contributed by atoms with van der Waals surface area (Å²) in [6.45, 7) is 6.63. The quantitative estimate of drug-likeness (QED) is 0.332. The van der Waals surface area contributed by atoms with E-state index in [0.29, 0.717) is 0 Å². The molecule has 0 saturated carbocycles. The molecule has 0 bridgehead atoms. The fraction of sp³-hybridized carbons (Fsp3) is 0.778. The molecule has 0 aliphatic carbocycles. The summed E-state index contributed by atoms with van der Waals surface area (Å²) in [5, 5.41) is 31.5. The maximum atomic E-state index is 12.6. The summed E-state index contributed by atoms with van der Waals surface area (Å²) in [6, 6.07) is 0. The highest BCUT2D eigenvalue weighted by atomic mass is 16.7. The van der Waals surface area contributed by atoms with Crippen molar-refractivity contribution in [3.8, 4) is 0 Å². The summed E-state index contributed by atoms with van der Waals surface area (Å²) in [5.74, 6) is -1.91. The van der Waals surface area contributed by atoms with E-state index in [9.17, 15) is 24.9 Å². The molecule has 0 radical (unpaired) electrons. The van der Waals surface area contributed by atoms with Crippen LogP contribution in [-0.2, 0) is 38.0 Å². The molecule has 3 N–H and O–H groups in total. The number of fused-ring (bicyclic) bond motifs is 1. The lowest BCUT2D eigenvalue weighted by atomic mass is 9.89. The lowest BCUT2D eigenvalue weighted by molar-refractivity contribution is -0.305. The van der Waals surface area contributed by atoms with E-state index in [-0.39, 0.29) is 19.4 Å². The monoisotopic (exact) mass is 542 g/mol. The first-order valence-corrected chi connectivity index (χ1v) is 13.1. The van der Waals surface area contributed by atoms with E-state index < -0.39 is 84.3 Å². The SMILES string of the molecule is COC1C(OCC2C(C)OC(=O)C=CC(C)C(O)CCC(C)(O)C(=O)C=CC3OC32)OC(C)C(O)C1OC. The minimum atomic E-state index is -1.65. The Bertz CT molecular complexity index is 871. The van der Waals surface area contributed by atoms with Gasteiger partial charge in [-0.3, -0.25) is 4.79 Å². The Morgan fingerprint density at radius 3 is 2.34 bits per heavy atom. The summed E-state index contributed by atoms with van der Waals surface area (Å²) >= 11 is 0. The number of hydrogen-bond acceptors (Lipinski definition) is 11. The van der Waals surface area contributed by atoms with Crippen LogP contribution in [0.2, 0.25) is 0 Å². The third-order valence-electron chi connectivity index (χ3n) is 7.68. The maximum Gasteiger partial charge on any atom is 0.330 e. The summed E-state index contributed by atoms with van der Waals surface area (Å²) in [5.41, 5.74) is -1.65. The van der Waals surface area contributed by atoms with Gasteiger partial charge in [0, 0.05) is 32.1 Å². The standard InChI is InChI=1S/C27H42O11/c1-14-7-10-21(30)36-15(2)17(13-35-26-25(34-6)24(33-5)22(31)16(3)37-26)23-19(38-23)8-9-20(29)27(4,32)12-11-18(14)28/h7-10,14-19,22-26,28,31-32H,11-13H2,1-6H3. The van der Waals surface area contributed by atoms with Gasteiger partial charge in [-0.2, -0.15) is 0 Å². The molecule has 3 heterocycles. The highest BCUT2D eigenvalue weighted by molar-refractivity contribution is 5.96. The van der Waals surface area contributed by atoms with Crippen LogP contribution in [0.5, 0.6) is 0 Å². The van der Waals surface area contributed by atoms with Gasteiger partial charge in [-0.1, -0.05) is 13.0 Å². The van der Waals surface area contributed by atoms with Gasteiger partial charge < -0.3 is 43.7 Å². The number of ether oxygens (including phenoxy) is 6. The Balaban J connectivity index is 1.79. The van der Waals surface area contributed by atoms with Gasteiger partial charge in [0.15, 0.2) is 12.1 Å². The molecule has 38 heavy (non-hydrogen) atoms. The van der Waals surface area contributed by atoms with Gasteiger partial charge in [0.1, 0.15) is 36.1 Å². The van der Waals surface area contributed by atoms with Crippen molar-refractivity contribution in [2.75, 3.05) is 20.8 Å². The average Bonchev–Trinajstić information content (AvgIpc) is 3.64. The van der Waals surface area contributed by atoms with Crippen LogP contribution in [0.1, 0.15) is 40.5 Å². The first-order valence-electron chi connectivity index (χ1n) is 13.1. The van der Waals surface area contributed by atoms with Crippen molar-refractivity contribution in [3.63, 3.8) is 0 Å². The fourth-order valence-corrected chi connectivity index (χ4v) is 4.82. The Morgan fingerprint density at radius 1 is 1.00 bits per heavy atom. The van der Waals surface area contributed by atoms with Crippen LogP contribution in [0.4, 0.5) is 0 Å². The van der Waals surface area contributed by atoms with Crippen molar-refractivity contribution in [1.82, 2.24) is 0 Å². The van der Waals surface area contributed by atoms with E-state index in [2.05, 4.69) is 0 Å². The maximum absolute atomic E-state index is 12.6. The zero-order valence-electron chi connectivity index (χ0n) is 22.9. The Morgan fingerprint density at radius 2 is 1.68 bits per heavy atom. The number of rotatable bonds is 5. The van der Waals surface area contributed by atoms with E-state index >= 15 is 0 Å². The Hall–Kier alpha value is -1.70. The molecule has 11 nitrogen and oxygen atoms in total. The number of ketones is 1. The van der Waals surface area contributed by atoms with Crippen LogP contribution >= 0.6 is 0 Å². The van der Waals surface area contributed by atoms with Crippen LogP contribution in [0.15, 0.2) is 24.3 Å². The molecule has 3 aliphatic heterocycles. The largest absolute Gasteiger partial charge is 0.459 e. The van der Waals surface area contributed by atoms with Crippen molar-refractivity contribution < 1.29 is 53.3 Å². The first-order chi connectivity index (χ1) is 17.9. The molecule has 12 unspecified atom stereocenters. The Kier molecular flexibility index (Phi) is 10.6. The molecule has 11 heteroatoms. The fourth-order valence-electron chi connectivity index (χ4n) is 4.82.